The fourth-order valence-corrected chi connectivity index (χ4v) is 1.04. The zero-order valence-corrected chi connectivity index (χ0v) is 9.57. The molecule has 0 amide bonds. The maximum absolute atomic E-state index is 7.32. The van der Waals surface area contributed by atoms with Gasteiger partial charge in [-0.1, -0.05) is 35.9 Å². The highest BCUT2D eigenvalue weighted by molar-refractivity contribution is 5.11. The van der Waals surface area contributed by atoms with Gasteiger partial charge in [-0.25, -0.2) is 0 Å². The smallest absolute Gasteiger partial charge is 0.0587 e. The molecule has 0 unspecified atom stereocenters. The van der Waals surface area contributed by atoms with Crippen LogP contribution in [0.3, 0.4) is 0 Å². The van der Waals surface area contributed by atoms with E-state index in [0.717, 1.165) is 13.2 Å². The number of benzene rings is 1. The molecule has 2 rings (SSSR count). The maximum Gasteiger partial charge on any atom is 0.0587 e. The molecule has 1 heterocycles. The minimum atomic E-state index is 1.00. The van der Waals surface area contributed by atoms with Gasteiger partial charge in [0.25, 0.3) is 0 Å². The van der Waals surface area contributed by atoms with Crippen LogP contribution in [0.2, 0.25) is 0 Å². The number of rotatable bonds is 0. The zero-order chi connectivity index (χ0) is 11.4. The highest BCUT2D eigenvalue weighted by Gasteiger charge is 1.94. The molecule has 15 heavy (non-hydrogen) atoms. The lowest BCUT2D eigenvalue weighted by atomic mass is 10.2. The first-order valence-electron chi connectivity index (χ1n) is 5.21. The van der Waals surface area contributed by atoms with Gasteiger partial charge in [0, 0.05) is 20.1 Å². The van der Waals surface area contributed by atoms with Crippen LogP contribution in [0.4, 0.5) is 0 Å². The predicted molar refractivity (Wildman–Crippen MR) is 62.5 cm³/mol. The quantitative estimate of drug-likeness (QED) is 0.651. The van der Waals surface area contributed by atoms with Crippen LogP contribution in [0.5, 0.6) is 0 Å². The Labute approximate surface area is 92.5 Å². The van der Waals surface area contributed by atoms with Crippen molar-refractivity contribution in [2.45, 2.75) is 26.7 Å². The minimum Gasteiger partial charge on any atom is -0.381 e. The number of hydrogen-bond acceptors (Lipinski definition) is 2. The Bertz CT molecular complexity index is 252. The van der Waals surface area contributed by atoms with Crippen LogP contribution in [-0.4, -0.2) is 13.2 Å². The van der Waals surface area contributed by atoms with E-state index in [2.05, 4.69) is 19.1 Å². The van der Waals surface area contributed by atoms with Crippen molar-refractivity contribution in [1.29, 1.82) is 5.26 Å². The van der Waals surface area contributed by atoms with E-state index in [-0.39, 0.29) is 0 Å². The molecule has 1 aliphatic heterocycles. The number of nitriles is 1. The SMILES string of the molecule is C1CCOC1.CC#N.Cc1ccccc1. The molecule has 2 heteroatoms. The van der Waals surface area contributed by atoms with Crippen molar-refractivity contribution >= 4 is 0 Å². The minimum absolute atomic E-state index is 1.00. The number of aryl methyl sites for hydroxylation is 1. The summed E-state index contributed by atoms with van der Waals surface area (Å²) >= 11 is 0. The van der Waals surface area contributed by atoms with Crippen LogP contribution in [0.25, 0.3) is 0 Å². The Morgan fingerprint density at radius 1 is 1.13 bits per heavy atom. The normalized spacial score (nSPS) is 12.6. The second-order valence-electron chi connectivity index (χ2n) is 3.20. The summed E-state index contributed by atoms with van der Waals surface area (Å²) in [6, 6.07) is 12.0. The van der Waals surface area contributed by atoms with Crippen molar-refractivity contribution in [3.8, 4) is 6.07 Å². The molecule has 1 fully saturated rings. The van der Waals surface area contributed by atoms with Crippen molar-refractivity contribution in [3.63, 3.8) is 0 Å². The lowest BCUT2D eigenvalue weighted by Gasteiger charge is -1.82. The molecular weight excluding hydrogens is 186 g/mol. The molecule has 2 nitrogen and oxygen atoms in total. The first-order valence-corrected chi connectivity index (χ1v) is 5.21. The Balaban J connectivity index is 0.000000216. The predicted octanol–water partition coefficient (Wildman–Crippen LogP) is 3.32. The first-order chi connectivity index (χ1) is 7.31. The van der Waals surface area contributed by atoms with Gasteiger partial charge in [-0.3, -0.25) is 0 Å². The third-order valence-corrected chi connectivity index (χ3v) is 1.77. The Morgan fingerprint density at radius 2 is 1.60 bits per heavy atom. The summed E-state index contributed by atoms with van der Waals surface area (Å²) in [7, 11) is 0. The standard InChI is InChI=1S/C7H8.C4H8O.C2H3N/c1-7-5-3-2-4-6-7;1-2-4-5-3-1;1-2-3/h2-6H,1H3;1-4H2;1H3. The monoisotopic (exact) mass is 205 g/mol. The summed E-state index contributed by atoms with van der Waals surface area (Å²) in [5.41, 5.74) is 1.32. The van der Waals surface area contributed by atoms with Crippen molar-refractivity contribution < 1.29 is 4.74 Å². The molecule has 0 radical (unpaired) electrons. The molecule has 1 saturated heterocycles. The van der Waals surface area contributed by atoms with Crippen LogP contribution in [0.1, 0.15) is 25.3 Å². The summed E-state index contributed by atoms with van der Waals surface area (Å²) in [6.45, 7) is 5.51. The maximum atomic E-state index is 7.32. The zero-order valence-electron chi connectivity index (χ0n) is 9.57. The average Bonchev–Trinajstić information content (AvgIpc) is 2.78. The molecule has 1 aromatic carbocycles. The van der Waals surface area contributed by atoms with E-state index in [9.17, 15) is 0 Å². The van der Waals surface area contributed by atoms with Crippen molar-refractivity contribution in [2.24, 2.45) is 0 Å². The van der Waals surface area contributed by atoms with Gasteiger partial charge in [0.2, 0.25) is 0 Å². The first kappa shape index (κ1) is 13.7. The van der Waals surface area contributed by atoms with Crippen LogP contribution >= 0.6 is 0 Å². The van der Waals surface area contributed by atoms with Gasteiger partial charge in [0.15, 0.2) is 0 Å². The third-order valence-electron chi connectivity index (χ3n) is 1.77. The molecule has 1 aromatic rings. The molecule has 82 valence electrons. The van der Waals surface area contributed by atoms with Gasteiger partial charge in [0.05, 0.1) is 6.07 Å². The summed E-state index contributed by atoms with van der Waals surface area (Å²) in [5, 5.41) is 7.32. The topological polar surface area (TPSA) is 33.0 Å². The second-order valence-corrected chi connectivity index (χ2v) is 3.20. The lowest BCUT2D eigenvalue weighted by molar-refractivity contribution is 0.198. The summed E-state index contributed by atoms with van der Waals surface area (Å²) < 4.78 is 4.94. The third kappa shape index (κ3) is 10.6. The second kappa shape index (κ2) is 10.7. The fraction of sp³-hybridized carbons (Fsp3) is 0.462. The summed E-state index contributed by atoms with van der Waals surface area (Å²) in [6.07, 6.45) is 2.56. The molecule has 0 spiro atoms. The highest BCUT2D eigenvalue weighted by atomic mass is 16.5. The number of nitrogens with zero attached hydrogens (tertiary/aromatic N) is 1. The van der Waals surface area contributed by atoms with E-state index in [1.807, 2.05) is 18.2 Å². The lowest BCUT2D eigenvalue weighted by Crippen LogP contribution is -1.74. The number of ether oxygens (including phenoxy) is 1. The van der Waals surface area contributed by atoms with Gasteiger partial charge in [-0.15, -0.1) is 0 Å². The van der Waals surface area contributed by atoms with E-state index in [4.69, 9.17) is 10.00 Å². The van der Waals surface area contributed by atoms with Gasteiger partial charge in [0.1, 0.15) is 0 Å². The van der Waals surface area contributed by atoms with Crippen LogP contribution in [0, 0.1) is 18.3 Å². The van der Waals surface area contributed by atoms with Gasteiger partial charge < -0.3 is 4.74 Å². The van der Waals surface area contributed by atoms with Crippen LogP contribution in [-0.2, 0) is 4.74 Å². The van der Waals surface area contributed by atoms with Gasteiger partial charge in [-0.2, -0.15) is 5.26 Å². The van der Waals surface area contributed by atoms with Crippen LogP contribution in [0.15, 0.2) is 30.3 Å². The molecular formula is C13H19NO. The summed E-state index contributed by atoms with van der Waals surface area (Å²) in [4.78, 5) is 0. The van der Waals surface area contributed by atoms with Crippen LogP contribution < -0.4 is 0 Å². The van der Waals surface area contributed by atoms with Gasteiger partial charge in [-0.05, 0) is 19.8 Å². The van der Waals surface area contributed by atoms with Crippen molar-refractivity contribution in [1.82, 2.24) is 0 Å². The molecule has 0 aliphatic carbocycles. The van der Waals surface area contributed by atoms with E-state index in [0.29, 0.717) is 0 Å². The van der Waals surface area contributed by atoms with E-state index >= 15 is 0 Å². The summed E-state index contributed by atoms with van der Waals surface area (Å²) in [5.74, 6) is 0. The number of hydrogen-bond donors (Lipinski definition) is 0. The Hall–Kier alpha value is -1.33. The van der Waals surface area contributed by atoms with E-state index in [1.165, 1.54) is 25.3 Å². The molecule has 0 N–H and O–H groups in total. The molecule has 0 bridgehead atoms. The van der Waals surface area contributed by atoms with Crippen molar-refractivity contribution in [2.75, 3.05) is 13.2 Å². The van der Waals surface area contributed by atoms with Gasteiger partial charge >= 0.3 is 0 Å². The van der Waals surface area contributed by atoms with E-state index in [1.54, 1.807) is 6.07 Å². The largest absolute Gasteiger partial charge is 0.381 e. The Kier molecular flexibility index (Phi) is 9.80. The highest BCUT2D eigenvalue weighted by Crippen LogP contribution is 1.98. The molecule has 0 atom stereocenters. The van der Waals surface area contributed by atoms with E-state index < -0.39 is 0 Å². The fourth-order valence-electron chi connectivity index (χ4n) is 1.04. The molecule has 1 aliphatic rings. The molecule has 0 aromatic heterocycles. The van der Waals surface area contributed by atoms with Crippen molar-refractivity contribution in [3.05, 3.63) is 35.9 Å². The average molecular weight is 205 g/mol. The Morgan fingerprint density at radius 3 is 1.80 bits per heavy atom. The molecule has 0 saturated carbocycles.